The highest BCUT2D eigenvalue weighted by atomic mass is 35.5. The molecule has 2 aromatic heterocycles. The first-order chi connectivity index (χ1) is 9.56. The molecule has 0 unspecified atom stereocenters. The number of nitrogens with zero attached hydrogens (tertiary/aromatic N) is 3. The molecular weight excluding hydrogens is 285 g/mol. The average molecular weight is 292 g/mol. The predicted molar refractivity (Wildman–Crippen MR) is 70.4 cm³/mol. The van der Waals surface area contributed by atoms with E-state index in [0.29, 0.717) is 10.7 Å². The van der Waals surface area contributed by atoms with E-state index in [1.807, 2.05) is 0 Å². The fourth-order valence-electron chi connectivity index (χ4n) is 1.87. The van der Waals surface area contributed by atoms with Gasteiger partial charge in [-0.3, -0.25) is 4.40 Å². The highest BCUT2D eigenvalue weighted by molar-refractivity contribution is 6.30. The number of hydrogen-bond acceptors (Lipinski definition) is 3. The second-order valence-corrected chi connectivity index (χ2v) is 4.54. The topological polar surface area (TPSA) is 67.5 Å². The molecule has 5 nitrogen and oxygen atoms in total. The predicted octanol–water partition coefficient (Wildman–Crippen LogP) is 2.89. The third-order valence-corrected chi connectivity index (χ3v) is 3.05. The van der Waals surface area contributed by atoms with Crippen LogP contribution in [-0.2, 0) is 0 Å². The summed E-state index contributed by atoms with van der Waals surface area (Å²) in [6, 6.07) is 6.97. The maximum absolute atomic E-state index is 13.9. The van der Waals surface area contributed by atoms with Crippen LogP contribution in [0.1, 0.15) is 10.4 Å². The van der Waals surface area contributed by atoms with Crippen LogP contribution in [0.4, 0.5) is 4.39 Å². The summed E-state index contributed by atoms with van der Waals surface area (Å²) in [4.78, 5) is 11.0. The molecule has 0 bridgehead atoms. The van der Waals surface area contributed by atoms with Crippen molar-refractivity contribution in [2.45, 2.75) is 0 Å². The van der Waals surface area contributed by atoms with Gasteiger partial charge >= 0.3 is 5.97 Å². The minimum Gasteiger partial charge on any atom is -0.478 e. The van der Waals surface area contributed by atoms with E-state index in [-0.39, 0.29) is 17.0 Å². The van der Waals surface area contributed by atoms with Crippen molar-refractivity contribution in [3.05, 3.63) is 52.9 Å². The molecule has 0 aliphatic rings. The molecule has 100 valence electrons. The number of halogens is 2. The third-order valence-electron chi connectivity index (χ3n) is 2.82. The molecule has 0 radical (unpaired) electrons. The number of carboxylic acid groups (broad SMARTS) is 1. The lowest BCUT2D eigenvalue weighted by Crippen LogP contribution is -2.00. The molecule has 0 aliphatic carbocycles. The molecule has 0 saturated carbocycles. The number of fused-ring (bicyclic) bond motifs is 1. The Kier molecular flexibility index (Phi) is 2.87. The van der Waals surface area contributed by atoms with Gasteiger partial charge in [0.15, 0.2) is 11.5 Å². The molecule has 1 N–H and O–H groups in total. The summed E-state index contributed by atoms with van der Waals surface area (Å²) < 4.78 is 15.3. The van der Waals surface area contributed by atoms with Gasteiger partial charge in [-0.1, -0.05) is 11.6 Å². The van der Waals surface area contributed by atoms with Crippen molar-refractivity contribution in [1.82, 2.24) is 14.6 Å². The molecular formula is C13H7ClFN3O2. The zero-order valence-electron chi connectivity index (χ0n) is 9.92. The monoisotopic (exact) mass is 291 g/mol. The van der Waals surface area contributed by atoms with Crippen LogP contribution < -0.4 is 0 Å². The fraction of sp³-hybridized carbons (Fsp3) is 0. The summed E-state index contributed by atoms with van der Waals surface area (Å²) in [7, 11) is 0. The first-order valence-electron chi connectivity index (χ1n) is 5.60. The van der Waals surface area contributed by atoms with Crippen molar-refractivity contribution in [3.63, 3.8) is 0 Å². The van der Waals surface area contributed by atoms with Gasteiger partial charge in [0.05, 0.1) is 11.1 Å². The van der Waals surface area contributed by atoms with Crippen LogP contribution in [0.15, 0.2) is 36.5 Å². The Balaban J connectivity index is 2.28. The fourth-order valence-corrected chi connectivity index (χ4v) is 2.04. The number of aromatic nitrogens is 3. The van der Waals surface area contributed by atoms with Crippen LogP contribution >= 0.6 is 11.6 Å². The number of pyridine rings is 1. The highest BCUT2D eigenvalue weighted by Crippen LogP contribution is 2.25. The molecule has 1 aromatic carbocycles. The zero-order valence-corrected chi connectivity index (χ0v) is 10.7. The number of carboxylic acids is 1. The van der Waals surface area contributed by atoms with Crippen LogP contribution in [0.25, 0.3) is 17.0 Å². The largest absolute Gasteiger partial charge is 0.478 e. The van der Waals surface area contributed by atoms with E-state index < -0.39 is 11.8 Å². The van der Waals surface area contributed by atoms with Crippen molar-refractivity contribution < 1.29 is 14.3 Å². The molecule has 0 atom stereocenters. The average Bonchev–Trinajstić information content (AvgIpc) is 2.84. The van der Waals surface area contributed by atoms with Crippen molar-refractivity contribution >= 4 is 23.2 Å². The van der Waals surface area contributed by atoms with E-state index in [9.17, 15) is 9.18 Å². The van der Waals surface area contributed by atoms with E-state index in [1.165, 1.54) is 40.9 Å². The number of hydrogen-bond donors (Lipinski definition) is 1. The number of benzene rings is 1. The van der Waals surface area contributed by atoms with Crippen LogP contribution in [0.2, 0.25) is 5.02 Å². The molecule has 0 amide bonds. The van der Waals surface area contributed by atoms with Crippen molar-refractivity contribution in [2.75, 3.05) is 0 Å². The van der Waals surface area contributed by atoms with Crippen LogP contribution in [0.3, 0.4) is 0 Å². The van der Waals surface area contributed by atoms with Crippen LogP contribution in [-0.4, -0.2) is 25.7 Å². The quantitative estimate of drug-likeness (QED) is 0.788. The third kappa shape index (κ3) is 2.00. The summed E-state index contributed by atoms with van der Waals surface area (Å²) in [6.45, 7) is 0. The van der Waals surface area contributed by atoms with Crippen LogP contribution in [0.5, 0.6) is 0 Å². The molecule has 3 aromatic rings. The SMILES string of the molecule is O=C(O)c1ccc2nnc(-c3cc(Cl)ccc3F)n2c1. The summed E-state index contributed by atoms with van der Waals surface area (Å²) in [5.41, 5.74) is 0.637. The van der Waals surface area contributed by atoms with Gasteiger partial charge in [0.1, 0.15) is 5.82 Å². The minimum atomic E-state index is -1.09. The standard InChI is InChI=1S/C13H7ClFN3O2/c14-8-2-3-10(15)9(5-8)12-17-16-11-4-1-7(13(19)20)6-18(11)12/h1-6H,(H,19,20). The Morgan fingerprint density at radius 1 is 1.25 bits per heavy atom. The number of rotatable bonds is 2. The van der Waals surface area contributed by atoms with Gasteiger partial charge in [-0.2, -0.15) is 0 Å². The molecule has 7 heteroatoms. The van der Waals surface area contributed by atoms with Gasteiger partial charge in [0, 0.05) is 11.2 Å². The zero-order chi connectivity index (χ0) is 14.3. The van der Waals surface area contributed by atoms with E-state index in [2.05, 4.69) is 10.2 Å². The lowest BCUT2D eigenvalue weighted by Gasteiger charge is -2.03. The lowest BCUT2D eigenvalue weighted by atomic mass is 10.2. The summed E-state index contributed by atoms with van der Waals surface area (Å²) in [5.74, 6) is -1.40. The first kappa shape index (κ1) is 12.6. The number of carbonyl (C=O) groups is 1. The Bertz CT molecular complexity index is 832. The minimum absolute atomic E-state index is 0.0565. The first-order valence-corrected chi connectivity index (χ1v) is 5.97. The van der Waals surface area contributed by atoms with E-state index in [4.69, 9.17) is 16.7 Å². The summed E-state index contributed by atoms with van der Waals surface area (Å²) in [6.07, 6.45) is 1.34. The van der Waals surface area contributed by atoms with Crippen molar-refractivity contribution in [3.8, 4) is 11.4 Å². The van der Waals surface area contributed by atoms with Gasteiger partial charge in [0.2, 0.25) is 0 Å². The lowest BCUT2D eigenvalue weighted by molar-refractivity contribution is 0.0696. The summed E-state index contributed by atoms with van der Waals surface area (Å²) in [5, 5.41) is 17.1. The molecule has 0 aliphatic heterocycles. The molecule has 0 spiro atoms. The summed E-state index contributed by atoms with van der Waals surface area (Å²) >= 11 is 5.85. The van der Waals surface area contributed by atoms with Crippen LogP contribution in [0, 0.1) is 5.82 Å². The molecule has 0 fully saturated rings. The van der Waals surface area contributed by atoms with Gasteiger partial charge < -0.3 is 5.11 Å². The second-order valence-electron chi connectivity index (χ2n) is 4.10. The van der Waals surface area contributed by atoms with Gasteiger partial charge in [-0.05, 0) is 30.3 Å². The molecule has 20 heavy (non-hydrogen) atoms. The second kappa shape index (κ2) is 4.57. The molecule has 0 saturated heterocycles. The Morgan fingerprint density at radius 2 is 2.05 bits per heavy atom. The van der Waals surface area contributed by atoms with Crippen molar-refractivity contribution in [1.29, 1.82) is 0 Å². The van der Waals surface area contributed by atoms with Gasteiger partial charge in [-0.15, -0.1) is 10.2 Å². The van der Waals surface area contributed by atoms with E-state index in [0.717, 1.165) is 0 Å². The molecule has 3 rings (SSSR count). The van der Waals surface area contributed by atoms with E-state index in [1.54, 1.807) is 0 Å². The normalized spacial score (nSPS) is 10.9. The Morgan fingerprint density at radius 3 is 2.80 bits per heavy atom. The van der Waals surface area contributed by atoms with Crippen molar-refractivity contribution in [2.24, 2.45) is 0 Å². The Hall–Kier alpha value is -2.47. The highest BCUT2D eigenvalue weighted by Gasteiger charge is 2.14. The van der Waals surface area contributed by atoms with Gasteiger partial charge in [-0.25, -0.2) is 9.18 Å². The van der Waals surface area contributed by atoms with Gasteiger partial charge in [0.25, 0.3) is 0 Å². The molecule has 2 heterocycles. The maximum Gasteiger partial charge on any atom is 0.337 e. The van der Waals surface area contributed by atoms with E-state index >= 15 is 0 Å². The number of aromatic carboxylic acids is 1. The smallest absolute Gasteiger partial charge is 0.337 e. The maximum atomic E-state index is 13.9. The Labute approximate surface area is 117 Å².